The Bertz CT molecular complexity index is 1040. The van der Waals surface area contributed by atoms with Gasteiger partial charge in [0.2, 0.25) is 5.91 Å². The number of carbonyl (C=O) groups excluding carboxylic acids is 1. The van der Waals surface area contributed by atoms with Crippen molar-refractivity contribution in [3.05, 3.63) is 58.6 Å². The number of para-hydroxylation sites is 1. The van der Waals surface area contributed by atoms with E-state index in [2.05, 4.69) is 25.1 Å². The number of ether oxygens (including phenoxy) is 2. The minimum atomic E-state index is 0.101. The highest BCUT2D eigenvalue weighted by atomic mass is 32.1. The molecule has 0 radical (unpaired) electrons. The van der Waals surface area contributed by atoms with E-state index in [0.29, 0.717) is 17.9 Å². The maximum atomic E-state index is 13.1. The molecule has 0 bridgehead atoms. The third-order valence-electron chi connectivity index (χ3n) is 5.23. The number of anilines is 1. The average molecular weight is 409 g/mol. The molecule has 1 amide bonds. The van der Waals surface area contributed by atoms with Gasteiger partial charge in [-0.2, -0.15) is 0 Å². The van der Waals surface area contributed by atoms with Crippen molar-refractivity contribution in [3.63, 3.8) is 0 Å². The fourth-order valence-corrected chi connectivity index (χ4v) is 4.65. The van der Waals surface area contributed by atoms with Gasteiger partial charge >= 0.3 is 0 Å². The van der Waals surface area contributed by atoms with Crippen molar-refractivity contribution in [2.24, 2.45) is 0 Å². The lowest BCUT2D eigenvalue weighted by molar-refractivity contribution is -0.118. The molecule has 0 N–H and O–H groups in total. The van der Waals surface area contributed by atoms with Gasteiger partial charge in [0, 0.05) is 23.2 Å². The van der Waals surface area contributed by atoms with Crippen LogP contribution in [-0.2, 0) is 17.6 Å². The second-order valence-corrected chi connectivity index (χ2v) is 7.98. The van der Waals surface area contributed by atoms with Gasteiger partial charge in [-0.3, -0.25) is 4.79 Å². The zero-order chi connectivity index (χ0) is 20.4. The largest absolute Gasteiger partial charge is 0.493 e. The van der Waals surface area contributed by atoms with Crippen molar-refractivity contribution in [3.8, 4) is 22.1 Å². The molecule has 0 fully saturated rings. The molecule has 1 aliphatic rings. The van der Waals surface area contributed by atoms with Gasteiger partial charge in [-0.05, 0) is 49.1 Å². The molecule has 1 aliphatic heterocycles. The Kier molecular flexibility index (Phi) is 5.53. The van der Waals surface area contributed by atoms with E-state index < -0.39 is 0 Å². The minimum absolute atomic E-state index is 0.101. The van der Waals surface area contributed by atoms with Crippen LogP contribution in [0, 0.1) is 6.92 Å². The highest BCUT2D eigenvalue weighted by molar-refractivity contribution is 7.13. The third-order valence-corrected chi connectivity index (χ3v) is 6.17. The third kappa shape index (κ3) is 3.85. The number of aryl methyl sites for hydroxylation is 2. The van der Waals surface area contributed by atoms with Gasteiger partial charge in [0.1, 0.15) is 5.01 Å². The average Bonchev–Trinajstić information content (AvgIpc) is 3.21. The van der Waals surface area contributed by atoms with Crippen LogP contribution in [0.25, 0.3) is 10.6 Å². The topological polar surface area (TPSA) is 51.7 Å². The Morgan fingerprint density at radius 3 is 2.79 bits per heavy atom. The number of hydrogen-bond donors (Lipinski definition) is 0. The second kappa shape index (κ2) is 8.25. The summed E-state index contributed by atoms with van der Waals surface area (Å²) in [6, 6.07) is 12.0. The summed E-state index contributed by atoms with van der Waals surface area (Å²) in [7, 11) is 3.23. The number of carbonyl (C=O) groups is 1. The fourth-order valence-electron chi connectivity index (χ4n) is 3.84. The summed E-state index contributed by atoms with van der Waals surface area (Å²) in [5.41, 5.74) is 5.24. The van der Waals surface area contributed by atoms with Crippen LogP contribution in [0.15, 0.2) is 41.8 Å². The minimum Gasteiger partial charge on any atom is -0.493 e. The van der Waals surface area contributed by atoms with E-state index in [4.69, 9.17) is 14.5 Å². The lowest BCUT2D eigenvalue weighted by Crippen LogP contribution is -2.37. The Morgan fingerprint density at radius 2 is 2.00 bits per heavy atom. The number of rotatable bonds is 5. The molecule has 1 aromatic heterocycles. The van der Waals surface area contributed by atoms with Crippen LogP contribution in [0.2, 0.25) is 0 Å². The van der Waals surface area contributed by atoms with E-state index in [0.717, 1.165) is 46.9 Å². The summed E-state index contributed by atoms with van der Waals surface area (Å²) < 4.78 is 10.7. The van der Waals surface area contributed by atoms with E-state index in [1.165, 1.54) is 16.9 Å². The number of aromatic nitrogens is 1. The number of thiazole rings is 1. The van der Waals surface area contributed by atoms with Crippen molar-refractivity contribution in [1.29, 1.82) is 0 Å². The molecule has 2 heterocycles. The maximum absolute atomic E-state index is 13.1. The molecular formula is C23H24N2O3S. The summed E-state index contributed by atoms with van der Waals surface area (Å²) in [5, 5.41) is 2.83. The zero-order valence-corrected chi connectivity index (χ0v) is 17.7. The van der Waals surface area contributed by atoms with Gasteiger partial charge in [0.25, 0.3) is 0 Å². The Labute approximate surface area is 174 Å². The molecule has 3 aromatic rings. The van der Waals surface area contributed by atoms with Crippen LogP contribution in [0.4, 0.5) is 5.69 Å². The van der Waals surface area contributed by atoms with Crippen LogP contribution in [0.1, 0.15) is 23.2 Å². The first kappa shape index (κ1) is 19.5. The fraction of sp³-hybridized carbons (Fsp3) is 0.304. The van der Waals surface area contributed by atoms with E-state index in [-0.39, 0.29) is 5.91 Å². The maximum Gasteiger partial charge on any atom is 0.233 e. The van der Waals surface area contributed by atoms with E-state index in [1.54, 1.807) is 14.2 Å². The first-order valence-corrected chi connectivity index (χ1v) is 10.5. The molecule has 5 nitrogen and oxygen atoms in total. The number of nitrogens with zero attached hydrogens (tertiary/aromatic N) is 2. The second-order valence-electron chi connectivity index (χ2n) is 7.12. The highest BCUT2D eigenvalue weighted by Gasteiger charge is 2.24. The molecule has 0 saturated heterocycles. The van der Waals surface area contributed by atoms with E-state index in [9.17, 15) is 4.79 Å². The Hall–Kier alpha value is -2.86. The predicted octanol–water partition coefficient (Wildman–Crippen LogP) is 4.66. The van der Waals surface area contributed by atoms with Gasteiger partial charge < -0.3 is 14.4 Å². The van der Waals surface area contributed by atoms with Crippen LogP contribution in [0.5, 0.6) is 11.5 Å². The van der Waals surface area contributed by atoms with Crippen LogP contribution in [-0.4, -0.2) is 31.7 Å². The van der Waals surface area contributed by atoms with Crippen molar-refractivity contribution in [2.45, 2.75) is 26.2 Å². The van der Waals surface area contributed by atoms with Crippen LogP contribution >= 0.6 is 11.3 Å². The van der Waals surface area contributed by atoms with Gasteiger partial charge in [0.05, 0.1) is 26.3 Å². The molecule has 0 aliphatic carbocycles. The summed E-state index contributed by atoms with van der Waals surface area (Å²) in [6.45, 7) is 2.84. The van der Waals surface area contributed by atoms with Crippen LogP contribution < -0.4 is 14.4 Å². The smallest absolute Gasteiger partial charge is 0.233 e. The molecule has 0 unspecified atom stereocenters. The summed E-state index contributed by atoms with van der Waals surface area (Å²) in [4.78, 5) is 19.7. The lowest BCUT2D eigenvalue weighted by atomic mass is 9.98. The molecule has 4 rings (SSSR count). The Morgan fingerprint density at radius 1 is 1.17 bits per heavy atom. The molecular weight excluding hydrogens is 384 g/mol. The summed E-state index contributed by atoms with van der Waals surface area (Å²) >= 11 is 1.53. The van der Waals surface area contributed by atoms with Crippen molar-refractivity contribution in [2.75, 3.05) is 25.7 Å². The number of amides is 1. The molecule has 29 heavy (non-hydrogen) atoms. The molecule has 0 spiro atoms. The van der Waals surface area contributed by atoms with Crippen LogP contribution in [0.3, 0.4) is 0 Å². The molecule has 0 saturated carbocycles. The quantitative estimate of drug-likeness (QED) is 0.616. The first-order valence-electron chi connectivity index (χ1n) is 9.66. The first-order chi connectivity index (χ1) is 14.1. The number of hydrogen-bond acceptors (Lipinski definition) is 5. The lowest BCUT2D eigenvalue weighted by Gasteiger charge is -2.31. The molecule has 0 atom stereocenters. The molecule has 150 valence electrons. The molecule has 2 aromatic carbocycles. The van der Waals surface area contributed by atoms with E-state index in [1.807, 2.05) is 28.5 Å². The summed E-state index contributed by atoms with van der Waals surface area (Å²) in [5.74, 6) is 1.45. The number of fused-ring (bicyclic) bond motifs is 1. The molecule has 6 heteroatoms. The van der Waals surface area contributed by atoms with Crippen molar-refractivity contribution < 1.29 is 14.3 Å². The van der Waals surface area contributed by atoms with Gasteiger partial charge in [-0.15, -0.1) is 11.3 Å². The zero-order valence-electron chi connectivity index (χ0n) is 16.9. The normalized spacial score (nSPS) is 13.1. The van der Waals surface area contributed by atoms with Gasteiger partial charge in [-0.1, -0.05) is 18.2 Å². The predicted molar refractivity (Wildman–Crippen MR) is 116 cm³/mol. The highest BCUT2D eigenvalue weighted by Crippen LogP contribution is 2.34. The van der Waals surface area contributed by atoms with Crippen molar-refractivity contribution in [1.82, 2.24) is 4.98 Å². The standard InChI is InChI=1S/C23H24N2O3S/c1-15-6-4-7-16-8-5-11-25(22(15)16)21(26)13-18-14-29-23(24-18)17-9-10-19(27-2)20(12-17)28-3/h4,6-7,9-10,12,14H,5,8,11,13H2,1-3H3. The monoisotopic (exact) mass is 408 g/mol. The van der Waals surface area contributed by atoms with Crippen molar-refractivity contribution >= 4 is 22.9 Å². The van der Waals surface area contributed by atoms with Gasteiger partial charge in [-0.25, -0.2) is 4.98 Å². The SMILES string of the molecule is COc1ccc(-c2nc(CC(=O)N3CCCc4cccc(C)c43)cs2)cc1OC. The van der Waals surface area contributed by atoms with E-state index >= 15 is 0 Å². The number of benzene rings is 2. The Balaban J connectivity index is 1.54. The summed E-state index contributed by atoms with van der Waals surface area (Å²) in [6.07, 6.45) is 2.33. The number of methoxy groups -OCH3 is 2. The van der Waals surface area contributed by atoms with Gasteiger partial charge in [0.15, 0.2) is 11.5 Å².